The number of sulfonamides is 1. The van der Waals surface area contributed by atoms with E-state index in [1.54, 1.807) is 37.3 Å². The van der Waals surface area contributed by atoms with Crippen LogP contribution in [0.5, 0.6) is 0 Å². The number of rotatable bonds is 11. The molecule has 2 aromatic rings. The number of hydrogen-bond donors (Lipinski definition) is 1. The number of aryl methyl sites for hydroxylation is 1. The molecule has 0 bridgehead atoms. The summed E-state index contributed by atoms with van der Waals surface area (Å²) >= 11 is 12.2. The van der Waals surface area contributed by atoms with E-state index in [-0.39, 0.29) is 43.8 Å². The summed E-state index contributed by atoms with van der Waals surface area (Å²) in [4.78, 5) is 27.4. The number of hydrogen-bond acceptors (Lipinski definition) is 4. The van der Waals surface area contributed by atoms with Crippen molar-refractivity contribution in [2.24, 2.45) is 0 Å². The molecule has 1 N–H and O–H groups in total. The van der Waals surface area contributed by atoms with Crippen molar-refractivity contribution in [2.45, 2.75) is 59.2 Å². The zero-order valence-corrected chi connectivity index (χ0v) is 23.0. The van der Waals surface area contributed by atoms with Gasteiger partial charge in [0.1, 0.15) is 6.04 Å². The van der Waals surface area contributed by atoms with Crippen LogP contribution in [0.4, 0.5) is 5.69 Å². The molecule has 192 valence electrons. The van der Waals surface area contributed by atoms with Crippen LogP contribution < -0.4 is 9.62 Å². The summed E-state index contributed by atoms with van der Waals surface area (Å²) in [6.45, 7) is 7.59. The molecule has 0 aliphatic carbocycles. The third-order valence-electron chi connectivity index (χ3n) is 5.41. The Morgan fingerprint density at radius 2 is 1.63 bits per heavy atom. The molecule has 7 nitrogen and oxygen atoms in total. The molecule has 0 radical (unpaired) electrons. The SMILES string of the molecule is Cc1ccc(N(CCCC(=O)N(Cc2ccc(Cl)c(Cl)c2)[C@H](C)C(=O)NC(C)C)S(C)(=O)=O)cc1. The second-order valence-corrected chi connectivity index (χ2v) is 11.6. The van der Waals surface area contributed by atoms with Gasteiger partial charge in [-0.2, -0.15) is 0 Å². The fraction of sp³-hybridized carbons (Fsp3) is 0.440. The Morgan fingerprint density at radius 3 is 2.17 bits per heavy atom. The van der Waals surface area contributed by atoms with Gasteiger partial charge in [-0.1, -0.05) is 47.0 Å². The lowest BCUT2D eigenvalue weighted by Gasteiger charge is -2.30. The molecule has 2 aromatic carbocycles. The highest BCUT2D eigenvalue weighted by Crippen LogP contribution is 2.24. The van der Waals surface area contributed by atoms with Gasteiger partial charge < -0.3 is 10.2 Å². The third kappa shape index (κ3) is 8.70. The van der Waals surface area contributed by atoms with Gasteiger partial charge in [-0.3, -0.25) is 13.9 Å². The first-order chi connectivity index (χ1) is 16.3. The predicted molar refractivity (Wildman–Crippen MR) is 142 cm³/mol. The lowest BCUT2D eigenvalue weighted by atomic mass is 10.1. The van der Waals surface area contributed by atoms with Crippen LogP contribution in [0, 0.1) is 6.92 Å². The van der Waals surface area contributed by atoms with Gasteiger partial charge in [0.05, 0.1) is 22.0 Å². The molecule has 0 heterocycles. The van der Waals surface area contributed by atoms with Crippen LogP contribution in [0.2, 0.25) is 10.0 Å². The molecule has 0 unspecified atom stereocenters. The Morgan fingerprint density at radius 1 is 1.00 bits per heavy atom. The van der Waals surface area contributed by atoms with Crippen molar-refractivity contribution in [3.63, 3.8) is 0 Å². The number of amides is 2. The van der Waals surface area contributed by atoms with E-state index < -0.39 is 16.1 Å². The molecule has 0 spiro atoms. The molecule has 35 heavy (non-hydrogen) atoms. The number of nitrogens with one attached hydrogen (secondary N) is 1. The number of nitrogens with zero attached hydrogens (tertiary/aromatic N) is 2. The first kappa shape index (κ1) is 28.9. The average molecular weight is 543 g/mol. The summed E-state index contributed by atoms with van der Waals surface area (Å²) in [5.41, 5.74) is 2.29. The molecule has 0 aromatic heterocycles. The van der Waals surface area contributed by atoms with Crippen LogP contribution in [-0.2, 0) is 26.2 Å². The van der Waals surface area contributed by atoms with Crippen molar-refractivity contribution < 1.29 is 18.0 Å². The van der Waals surface area contributed by atoms with E-state index >= 15 is 0 Å². The molecule has 0 aliphatic heterocycles. The van der Waals surface area contributed by atoms with Crippen molar-refractivity contribution in [1.82, 2.24) is 10.2 Å². The Kier molecular flexibility index (Phi) is 10.4. The van der Waals surface area contributed by atoms with Crippen molar-refractivity contribution in [3.8, 4) is 0 Å². The largest absolute Gasteiger partial charge is 0.352 e. The molecule has 0 aliphatic rings. The van der Waals surface area contributed by atoms with E-state index in [1.807, 2.05) is 32.9 Å². The Labute approximate surface area is 218 Å². The van der Waals surface area contributed by atoms with Gasteiger partial charge in [0.2, 0.25) is 21.8 Å². The number of halogens is 2. The van der Waals surface area contributed by atoms with Crippen molar-refractivity contribution in [3.05, 3.63) is 63.6 Å². The molecule has 0 saturated carbocycles. The topological polar surface area (TPSA) is 86.8 Å². The second-order valence-electron chi connectivity index (χ2n) is 8.88. The lowest BCUT2D eigenvalue weighted by Crippen LogP contribution is -2.49. The minimum absolute atomic E-state index is 0.0680. The number of carbonyl (C=O) groups is 2. The predicted octanol–water partition coefficient (Wildman–Crippen LogP) is 4.79. The van der Waals surface area contributed by atoms with Gasteiger partial charge in [0.25, 0.3) is 0 Å². The molecule has 10 heteroatoms. The first-order valence-corrected chi connectivity index (χ1v) is 14.0. The van der Waals surface area contributed by atoms with E-state index in [9.17, 15) is 18.0 Å². The van der Waals surface area contributed by atoms with Crippen molar-refractivity contribution in [1.29, 1.82) is 0 Å². The van der Waals surface area contributed by atoms with Gasteiger partial charge in [0.15, 0.2) is 0 Å². The number of anilines is 1. The molecular formula is C25H33Cl2N3O4S. The van der Waals surface area contributed by atoms with Gasteiger partial charge in [-0.15, -0.1) is 0 Å². The summed E-state index contributed by atoms with van der Waals surface area (Å²) < 4.78 is 26.1. The quantitative estimate of drug-likeness (QED) is 0.443. The standard InChI is InChI=1S/C25H33Cl2N3O4S/c1-17(2)28-25(32)19(4)29(16-20-10-13-22(26)23(27)15-20)24(31)7-6-14-30(35(5,33)34)21-11-8-18(3)9-12-21/h8-13,15,17,19H,6-7,14,16H2,1-5H3,(H,28,32)/t19-/m1/s1. The second kappa shape index (κ2) is 12.6. The number of benzene rings is 2. The zero-order chi connectivity index (χ0) is 26.3. The monoisotopic (exact) mass is 541 g/mol. The normalized spacial score (nSPS) is 12.3. The summed E-state index contributed by atoms with van der Waals surface area (Å²) in [7, 11) is -3.53. The zero-order valence-electron chi connectivity index (χ0n) is 20.7. The van der Waals surface area contributed by atoms with E-state index in [0.717, 1.165) is 17.4 Å². The number of carbonyl (C=O) groups excluding carboxylic acids is 2. The van der Waals surface area contributed by atoms with Crippen LogP contribution in [0.1, 0.15) is 44.7 Å². The molecule has 0 saturated heterocycles. The Hall–Kier alpha value is -2.29. The van der Waals surface area contributed by atoms with Crippen LogP contribution in [0.3, 0.4) is 0 Å². The summed E-state index contributed by atoms with van der Waals surface area (Å²) in [6, 6.07) is 11.4. The van der Waals surface area contributed by atoms with Crippen LogP contribution in [0.25, 0.3) is 0 Å². The van der Waals surface area contributed by atoms with Crippen LogP contribution in [0.15, 0.2) is 42.5 Å². The summed E-state index contributed by atoms with van der Waals surface area (Å²) in [5, 5.41) is 3.59. The average Bonchev–Trinajstić information content (AvgIpc) is 2.76. The fourth-order valence-corrected chi connectivity index (χ4v) is 4.82. The maximum absolute atomic E-state index is 13.3. The van der Waals surface area contributed by atoms with Crippen molar-refractivity contribution in [2.75, 3.05) is 17.1 Å². The molecule has 1 atom stereocenters. The summed E-state index contributed by atoms with van der Waals surface area (Å²) in [5.74, 6) is -0.536. The highest BCUT2D eigenvalue weighted by molar-refractivity contribution is 7.92. The lowest BCUT2D eigenvalue weighted by molar-refractivity contribution is -0.140. The van der Waals surface area contributed by atoms with E-state index in [4.69, 9.17) is 23.2 Å². The van der Waals surface area contributed by atoms with Gasteiger partial charge in [-0.05, 0) is 63.9 Å². The first-order valence-electron chi connectivity index (χ1n) is 11.4. The smallest absolute Gasteiger partial charge is 0.242 e. The van der Waals surface area contributed by atoms with E-state index in [2.05, 4.69) is 5.32 Å². The maximum atomic E-state index is 13.3. The molecule has 2 amide bonds. The Balaban J connectivity index is 2.18. The van der Waals surface area contributed by atoms with Crippen molar-refractivity contribution >= 4 is 50.7 Å². The van der Waals surface area contributed by atoms with Crippen LogP contribution >= 0.6 is 23.2 Å². The van der Waals surface area contributed by atoms with Gasteiger partial charge in [0, 0.05) is 25.6 Å². The minimum Gasteiger partial charge on any atom is -0.352 e. The highest BCUT2D eigenvalue weighted by Gasteiger charge is 2.27. The molecule has 2 rings (SSSR count). The van der Waals surface area contributed by atoms with Gasteiger partial charge in [-0.25, -0.2) is 8.42 Å². The van der Waals surface area contributed by atoms with Gasteiger partial charge >= 0.3 is 0 Å². The Bertz CT molecular complexity index is 1140. The third-order valence-corrected chi connectivity index (χ3v) is 7.34. The van der Waals surface area contributed by atoms with Crippen LogP contribution in [-0.4, -0.2) is 50.0 Å². The molecular weight excluding hydrogens is 509 g/mol. The van der Waals surface area contributed by atoms with E-state index in [1.165, 1.54) is 9.21 Å². The van der Waals surface area contributed by atoms with E-state index in [0.29, 0.717) is 15.7 Å². The highest BCUT2D eigenvalue weighted by atomic mass is 35.5. The molecule has 0 fully saturated rings. The maximum Gasteiger partial charge on any atom is 0.242 e. The summed E-state index contributed by atoms with van der Waals surface area (Å²) in [6.07, 6.45) is 1.50. The minimum atomic E-state index is -3.53. The fourth-order valence-electron chi connectivity index (χ4n) is 3.54.